The number of hydrogen-bond donors (Lipinski definition) is 0. The lowest BCUT2D eigenvalue weighted by Crippen LogP contribution is -1.78. The molecular formula is C9H14Mg. The van der Waals surface area contributed by atoms with E-state index in [2.05, 4.69) is 37.3 Å². The van der Waals surface area contributed by atoms with Gasteiger partial charge in [0.1, 0.15) is 0 Å². The van der Waals surface area contributed by atoms with Gasteiger partial charge >= 0.3 is 23.1 Å². The predicted octanol–water partition coefficient (Wildman–Crippen LogP) is 1.72. The summed E-state index contributed by atoms with van der Waals surface area (Å²) in [5.74, 6) is 0. The third-order valence-electron chi connectivity index (χ3n) is 1.38. The minimum absolute atomic E-state index is 0. The fourth-order valence-corrected chi connectivity index (χ4v) is 0.933. The summed E-state index contributed by atoms with van der Waals surface area (Å²) in [5, 5.41) is 0. The smallest absolute Gasteiger partial charge is 0.0651 e. The molecule has 0 spiro atoms. The average molecular weight is 147 g/mol. The van der Waals surface area contributed by atoms with E-state index in [9.17, 15) is 0 Å². The van der Waals surface area contributed by atoms with Crippen LogP contribution in [0.1, 0.15) is 18.9 Å². The summed E-state index contributed by atoms with van der Waals surface area (Å²) in [6, 6.07) is 10.6. The van der Waals surface area contributed by atoms with E-state index in [-0.39, 0.29) is 23.1 Å². The molecule has 0 saturated carbocycles. The fraction of sp³-hybridized carbons (Fsp3) is 0.333. The number of hydrogen-bond acceptors (Lipinski definition) is 0. The molecule has 0 amide bonds. The molecule has 0 nitrogen and oxygen atoms in total. The van der Waals surface area contributed by atoms with E-state index in [1.165, 1.54) is 18.4 Å². The van der Waals surface area contributed by atoms with E-state index in [0.29, 0.717) is 0 Å². The summed E-state index contributed by atoms with van der Waals surface area (Å²) in [4.78, 5) is 0. The topological polar surface area (TPSA) is 0 Å². The average Bonchev–Trinajstić information content (AvgIpc) is 1.91. The predicted molar refractivity (Wildman–Crippen MR) is 49.0 cm³/mol. The van der Waals surface area contributed by atoms with Crippen molar-refractivity contribution in [2.24, 2.45) is 0 Å². The Hall–Kier alpha value is -0.0138. The molecule has 1 heteroatoms. The summed E-state index contributed by atoms with van der Waals surface area (Å²) in [6.07, 6.45) is 2.45. The molecule has 0 aliphatic rings. The highest BCUT2D eigenvalue weighted by molar-refractivity contribution is 5.75. The molecule has 0 fully saturated rings. The maximum absolute atomic E-state index is 2.20. The van der Waals surface area contributed by atoms with E-state index in [0.717, 1.165) is 0 Å². The molecule has 0 aliphatic heterocycles. The van der Waals surface area contributed by atoms with Gasteiger partial charge in [-0.05, 0) is 12.0 Å². The van der Waals surface area contributed by atoms with Crippen LogP contribution in [0.3, 0.4) is 0 Å². The zero-order valence-electron chi connectivity index (χ0n) is 5.80. The highest BCUT2D eigenvalue weighted by atomic mass is 24.3. The number of benzene rings is 1. The largest absolute Gasteiger partial charge is 0.316 e. The quantitative estimate of drug-likeness (QED) is 0.558. The van der Waals surface area contributed by atoms with Crippen molar-refractivity contribution in [1.82, 2.24) is 0 Å². The van der Waals surface area contributed by atoms with Crippen LogP contribution in [0.15, 0.2) is 30.3 Å². The molecule has 0 aromatic heterocycles. The van der Waals surface area contributed by atoms with E-state index >= 15 is 0 Å². The van der Waals surface area contributed by atoms with Gasteiger partial charge in [-0.2, -0.15) is 0 Å². The van der Waals surface area contributed by atoms with Gasteiger partial charge in [0.25, 0.3) is 0 Å². The van der Waals surface area contributed by atoms with Crippen molar-refractivity contribution in [1.29, 1.82) is 0 Å². The lowest BCUT2D eigenvalue weighted by molar-refractivity contribution is 0.922. The second kappa shape index (κ2) is 5.75. The third-order valence-corrected chi connectivity index (χ3v) is 1.38. The molecular weight excluding hydrogens is 132 g/mol. The van der Waals surface area contributed by atoms with E-state index in [4.69, 9.17) is 0 Å². The Balaban J connectivity index is 0.000000810. The normalized spacial score (nSPS) is 8.50. The molecule has 10 heavy (non-hydrogen) atoms. The summed E-state index contributed by atoms with van der Waals surface area (Å²) in [7, 11) is 0. The number of rotatable bonds is 2. The van der Waals surface area contributed by atoms with Crippen molar-refractivity contribution < 1.29 is 0 Å². The first-order valence-electron chi connectivity index (χ1n) is 3.47. The summed E-state index contributed by atoms with van der Waals surface area (Å²) in [5.41, 5.74) is 1.44. The van der Waals surface area contributed by atoms with Crippen LogP contribution in [0.4, 0.5) is 0 Å². The fourth-order valence-electron chi connectivity index (χ4n) is 0.933. The molecule has 52 valence electrons. The van der Waals surface area contributed by atoms with Crippen LogP contribution in [0.5, 0.6) is 0 Å². The van der Waals surface area contributed by atoms with Gasteiger partial charge < -0.3 is 0 Å². The Morgan fingerprint density at radius 1 is 1.10 bits per heavy atom. The Labute approximate surface area is 78.8 Å². The lowest BCUT2D eigenvalue weighted by Gasteiger charge is -1.93. The second-order valence-electron chi connectivity index (χ2n) is 2.24. The minimum atomic E-state index is 0. The van der Waals surface area contributed by atoms with Gasteiger partial charge in [-0.25, -0.2) is 0 Å². The van der Waals surface area contributed by atoms with Crippen molar-refractivity contribution in [2.75, 3.05) is 0 Å². The van der Waals surface area contributed by atoms with E-state index < -0.39 is 0 Å². The molecule has 0 heterocycles. The van der Waals surface area contributed by atoms with Gasteiger partial charge in [0.15, 0.2) is 0 Å². The van der Waals surface area contributed by atoms with Crippen LogP contribution >= 0.6 is 0 Å². The van der Waals surface area contributed by atoms with Crippen LogP contribution in [-0.4, -0.2) is 23.1 Å². The zero-order chi connectivity index (χ0) is 6.53. The van der Waals surface area contributed by atoms with E-state index in [1.54, 1.807) is 0 Å². The monoisotopic (exact) mass is 146 g/mol. The molecule has 1 rings (SSSR count). The molecule has 1 aromatic carbocycles. The first-order valence-corrected chi connectivity index (χ1v) is 3.47. The molecule has 0 atom stereocenters. The van der Waals surface area contributed by atoms with Crippen LogP contribution in [0.25, 0.3) is 0 Å². The van der Waals surface area contributed by atoms with Gasteiger partial charge in [0, 0.05) is 0 Å². The lowest BCUT2D eigenvalue weighted by atomic mass is 10.1. The van der Waals surface area contributed by atoms with E-state index in [1.807, 2.05) is 0 Å². The molecule has 0 aliphatic carbocycles. The van der Waals surface area contributed by atoms with Crippen molar-refractivity contribution >= 4 is 23.1 Å². The van der Waals surface area contributed by atoms with Crippen molar-refractivity contribution in [2.45, 2.75) is 19.8 Å². The van der Waals surface area contributed by atoms with Gasteiger partial charge in [-0.15, -0.1) is 0 Å². The minimum Gasteiger partial charge on any atom is -0.0651 e. The molecule has 0 N–H and O–H groups in total. The summed E-state index contributed by atoms with van der Waals surface area (Å²) in [6.45, 7) is 2.20. The molecule has 0 radical (unpaired) electrons. The maximum atomic E-state index is 2.20. The number of aryl methyl sites for hydroxylation is 1. The standard InChI is InChI=1S/C9H12.Mg.2H/c1-2-6-9-7-4-3-5-8-9;;;/h3-5,7-8H,2,6H2,1H3;;;. The maximum Gasteiger partial charge on any atom is 0.316 e. The third kappa shape index (κ3) is 3.23. The summed E-state index contributed by atoms with van der Waals surface area (Å²) < 4.78 is 0. The van der Waals surface area contributed by atoms with Gasteiger partial charge in [-0.1, -0.05) is 43.7 Å². The van der Waals surface area contributed by atoms with Gasteiger partial charge in [0.2, 0.25) is 0 Å². The van der Waals surface area contributed by atoms with Crippen LogP contribution < -0.4 is 0 Å². The molecule has 0 unspecified atom stereocenters. The van der Waals surface area contributed by atoms with Gasteiger partial charge in [-0.3, -0.25) is 0 Å². The first kappa shape index (κ1) is 9.99. The second-order valence-corrected chi connectivity index (χ2v) is 2.24. The Morgan fingerprint density at radius 2 is 1.70 bits per heavy atom. The van der Waals surface area contributed by atoms with Crippen molar-refractivity contribution in [3.05, 3.63) is 35.9 Å². The SMILES string of the molecule is CCCc1ccccc1.[MgH2]. The van der Waals surface area contributed by atoms with Crippen molar-refractivity contribution in [3.8, 4) is 0 Å². The zero-order valence-corrected chi connectivity index (χ0v) is 5.80. The molecule has 1 aromatic rings. The Bertz CT molecular complexity index is 158. The van der Waals surface area contributed by atoms with Crippen LogP contribution in [0.2, 0.25) is 0 Å². The molecule has 0 bridgehead atoms. The Morgan fingerprint density at radius 3 is 2.20 bits per heavy atom. The first-order chi connectivity index (χ1) is 4.43. The van der Waals surface area contributed by atoms with Crippen molar-refractivity contribution in [3.63, 3.8) is 0 Å². The highest BCUT2D eigenvalue weighted by Crippen LogP contribution is 2.00. The summed E-state index contributed by atoms with van der Waals surface area (Å²) >= 11 is 0. The van der Waals surface area contributed by atoms with Gasteiger partial charge in [0.05, 0.1) is 0 Å². The van der Waals surface area contributed by atoms with Crippen LogP contribution in [0, 0.1) is 0 Å². The van der Waals surface area contributed by atoms with Crippen LogP contribution in [-0.2, 0) is 6.42 Å². The molecule has 0 saturated heterocycles. The Kier molecular flexibility index (Phi) is 5.74. The highest BCUT2D eigenvalue weighted by Gasteiger charge is 1.84.